The number of hydrogen-bond donors (Lipinski definition) is 2. The Morgan fingerprint density at radius 1 is 1.19 bits per heavy atom. The zero-order valence-corrected chi connectivity index (χ0v) is 16.0. The topological polar surface area (TPSA) is 95.1 Å². The zero-order valence-electron chi connectivity index (χ0n) is 15.2. The number of aromatic nitrogens is 3. The van der Waals surface area contributed by atoms with E-state index in [0.717, 1.165) is 24.5 Å². The van der Waals surface area contributed by atoms with Gasteiger partial charge in [-0.15, -0.1) is 17.5 Å². The molecule has 0 radical (unpaired) electrons. The van der Waals surface area contributed by atoms with Gasteiger partial charge in [0.05, 0.1) is 18.5 Å². The Morgan fingerprint density at radius 3 is 2.62 bits per heavy atom. The lowest BCUT2D eigenvalue weighted by molar-refractivity contribution is 0.0949. The van der Waals surface area contributed by atoms with Gasteiger partial charge in [0.25, 0.3) is 5.91 Å². The second-order valence-electron chi connectivity index (χ2n) is 5.85. The quantitative estimate of drug-likeness (QED) is 0.583. The molecule has 0 bridgehead atoms. The Labute approximate surface area is 160 Å². The zero-order chi connectivity index (χ0) is 17.9. The van der Waals surface area contributed by atoms with Gasteiger partial charge in [-0.2, -0.15) is 0 Å². The summed E-state index contributed by atoms with van der Waals surface area (Å²) in [7, 11) is 0. The molecule has 0 spiro atoms. The number of nitrogens with zero attached hydrogens (tertiary/aromatic N) is 3. The third kappa shape index (κ3) is 7.01. The van der Waals surface area contributed by atoms with Crippen molar-refractivity contribution < 1.29 is 9.53 Å². The van der Waals surface area contributed by atoms with Crippen molar-refractivity contribution in [1.82, 2.24) is 20.3 Å². The van der Waals surface area contributed by atoms with E-state index in [2.05, 4.69) is 22.6 Å². The highest BCUT2D eigenvalue weighted by Crippen LogP contribution is 2.15. The highest BCUT2D eigenvalue weighted by atomic mass is 35.5. The fourth-order valence-electron chi connectivity index (χ4n) is 2.36. The van der Waals surface area contributed by atoms with E-state index in [1.807, 2.05) is 24.3 Å². The summed E-state index contributed by atoms with van der Waals surface area (Å²) in [5.74, 6) is 0.556. The molecule has 1 amide bonds. The van der Waals surface area contributed by atoms with E-state index in [1.165, 1.54) is 25.7 Å². The number of ether oxygens (including phenoxy) is 1. The van der Waals surface area contributed by atoms with Crippen LogP contribution >= 0.6 is 12.4 Å². The molecule has 8 heteroatoms. The summed E-state index contributed by atoms with van der Waals surface area (Å²) in [6, 6.07) is 7.58. The van der Waals surface area contributed by atoms with Crippen molar-refractivity contribution in [2.24, 2.45) is 5.73 Å². The summed E-state index contributed by atoms with van der Waals surface area (Å²) in [6.07, 6.45) is 7.69. The molecular formula is C18H28ClN5O2. The average molecular weight is 382 g/mol. The van der Waals surface area contributed by atoms with E-state index in [0.29, 0.717) is 13.1 Å². The summed E-state index contributed by atoms with van der Waals surface area (Å²) in [5, 5.41) is 10.5. The van der Waals surface area contributed by atoms with E-state index < -0.39 is 0 Å². The summed E-state index contributed by atoms with van der Waals surface area (Å²) in [5.41, 5.74) is 6.45. The fraction of sp³-hybridized carbons (Fsp3) is 0.500. The third-order valence-electron chi connectivity index (χ3n) is 3.77. The Balaban J connectivity index is 0.00000338. The number of unbranched alkanes of at least 4 members (excludes halogenated alkanes) is 4. The molecule has 26 heavy (non-hydrogen) atoms. The molecule has 0 atom stereocenters. The van der Waals surface area contributed by atoms with Crippen LogP contribution in [0.25, 0.3) is 5.69 Å². The highest BCUT2D eigenvalue weighted by molar-refractivity contribution is 5.91. The second-order valence-corrected chi connectivity index (χ2v) is 5.85. The van der Waals surface area contributed by atoms with Crippen molar-refractivity contribution in [3.8, 4) is 11.4 Å². The van der Waals surface area contributed by atoms with E-state index in [4.69, 9.17) is 10.5 Å². The van der Waals surface area contributed by atoms with Crippen molar-refractivity contribution in [1.29, 1.82) is 0 Å². The van der Waals surface area contributed by atoms with Crippen molar-refractivity contribution in [2.45, 2.75) is 39.0 Å². The third-order valence-corrected chi connectivity index (χ3v) is 3.77. The predicted octanol–water partition coefficient (Wildman–Crippen LogP) is 2.73. The molecule has 2 aromatic rings. The first kappa shape index (κ1) is 21.9. The smallest absolute Gasteiger partial charge is 0.273 e. The summed E-state index contributed by atoms with van der Waals surface area (Å²) in [4.78, 5) is 11.8. The van der Waals surface area contributed by atoms with Gasteiger partial charge < -0.3 is 15.8 Å². The molecule has 0 aliphatic heterocycles. The lowest BCUT2D eigenvalue weighted by Crippen LogP contribution is -2.29. The minimum atomic E-state index is -0.278. The van der Waals surface area contributed by atoms with E-state index in [-0.39, 0.29) is 24.0 Å². The van der Waals surface area contributed by atoms with Crippen molar-refractivity contribution in [3.63, 3.8) is 0 Å². The summed E-state index contributed by atoms with van der Waals surface area (Å²) >= 11 is 0. The predicted molar refractivity (Wildman–Crippen MR) is 104 cm³/mol. The highest BCUT2D eigenvalue weighted by Gasteiger charge is 2.10. The molecule has 1 heterocycles. The van der Waals surface area contributed by atoms with Crippen molar-refractivity contribution >= 4 is 18.3 Å². The Morgan fingerprint density at radius 2 is 1.92 bits per heavy atom. The molecule has 0 aliphatic carbocycles. The monoisotopic (exact) mass is 381 g/mol. The van der Waals surface area contributed by atoms with Gasteiger partial charge in [0.2, 0.25) is 0 Å². The number of nitrogens with two attached hydrogens (primary N) is 1. The molecule has 0 saturated carbocycles. The lowest BCUT2D eigenvalue weighted by Gasteiger charge is -2.07. The van der Waals surface area contributed by atoms with Gasteiger partial charge in [0.1, 0.15) is 5.75 Å². The number of nitrogens with one attached hydrogen (secondary N) is 1. The minimum absolute atomic E-state index is 0. The molecule has 0 fully saturated rings. The Hall–Kier alpha value is -2.12. The number of benzene rings is 1. The molecule has 2 rings (SSSR count). The van der Waals surface area contributed by atoms with Crippen LogP contribution in [-0.2, 0) is 0 Å². The van der Waals surface area contributed by atoms with Crippen LogP contribution < -0.4 is 15.8 Å². The van der Waals surface area contributed by atoms with Gasteiger partial charge in [-0.3, -0.25) is 4.79 Å². The number of halogens is 1. The van der Waals surface area contributed by atoms with Crippen LogP contribution in [0.1, 0.15) is 49.5 Å². The lowest BCUT2D eigenvalue weighted by atomic mass is 10.2. The van der Waals surface area contributed by atoms with Gasteiger partial charge in [-0.05, 0) is 30.7 Å². The Bertz CT molecular complexity index is 645. The van der Waals surface area contributed by atoms with Crippen LogP contribution in [0.2, 0.25) is 0 Å². The summed E-state index contributed by atoms with van der Waals surface area (Å²) in [6.45, 7) is 3.75. The molecule has 1 aromatic carbocycles. The van der Waals surface area contributed by atoms with Gasteiger partial charge in [-0.25, -0.2) is 4.68 Å². The van der Waals surface area contributed by atoms with Gasteiger partial charge in [0, 0.05) is 13.1 Å². The van der Waals surface area contributed by atoms with E-state index in [9.17, 15) is 4.79 Å². The van der Waals surface area contributed by atoms with Crippen LogP contribution in [0.5, 0.6) is 5.75 Å². The number of carbonyl (C=O) groups is 1. The fourth-order valence-corrected chi connectivity index (χ4v) is 2.36. The maximum atomic E-state index is 11.8. The molecule has 0 unspecified atom stereocenters. The maximum Gasteiger partial charge on any atom is 0.273 e. The van der Waals surface area contributed by atoms with Crippen LogP contribution in [-0.4, -0.2) is 40.6 Å². The van der Waals surface area contributed by atoms with Gasteiger partial charge in [0.15, 0.2) is 5.69 Å². The number of hydrogen-bond acceptors (Lipinski definition) is 5. The standard InChI is InChI=1S/C18H27N5O2.ClH/c1-2-3-4-5-6-13-25-16-9-7-15(8-10-16)23-14-17(21-22-23)18(24)20-12-11-19;/h7-10,14H,2-6,11-13,19H2,1H3,(H,20,24);1H. The molecule has 144 valence electrons. The largest absolute Gasteiger partial charge is 0.494 e. The molecule has 3 N–H and O–H groups in total. The number of amides is 1. The Kier molecular flexibility index (Phi) is 10.3. The SMILES string of the molecule is CCCCCCCOc1ccc(-n2cc(C(=O)NCCN)nn2)cc1.Cl. The van der Waals surface area contributed by atoms with Crippen molar-refractivity contribution in [3.05, 3.63) is 36.2 Å². The first-order valence-corrected chi connectivity index (χ1v) is 8.88. The van der Waals surface area contributed by atoms with Crippen LogP contribution in [0.3, 0.4) is 0 Å². The van der Waals surface area contributed by atoms with Crippen LogP contribution in [0, 0.1) is 0 Å². The summed E-state index contributed by atoms with van der Waals surface area (Å²) < 4.78 is 7.30. The average Bonchev–Trinajstić information content (AvgIpc) is 3.13. The molecule has 1 aromatic heterocycles. The van der Waals surface area contributed by atoms with E-state index in [1.54, 1.807) is 10.9 Å². The second kappa shape index (κ2) is 12.3. The molecule has 7 nitrogen and oxygen atoms in total. The molecule has 0 saturated heterocycles. The van der Waals surface area contributed by atoms with E-state index >= 15 is 0 Å². The number of rotatable bonds is 11. The normalized spacial score (nSPS) is 10.2. The first-order chi connectivity index (χ1) is 12.2. The van der Waals surface area contributed by atoms with Gasteiger partial charge >= 0.3 is 0 Å². The molecular weight excluding hydrogens is 354 g/mol. The van der Waals surface area contributed by atoms with Crippen LogP contribution in [0.15, 0.2) is 30.5 Å². The molecule has 0 aliphatic rings. The van der Waals surface area contributed by atoms with Crippen LogP contribution in [0.4, 0.5) is 0 Å². The van der Waals surface area contributed by atoms with Gasteiger partial charge in [-0.1, -0.05) is 37.8 Å². The number of carbonyl (C=O) groups excluding carboxylic acids is 1. The minimum Gasteiger partial charge on any atom is -0.494 e. The first-order valence-electron chi connectivity index (χ1n) is 8.88. The van der Waals surface area contributed by atoms with Crippen molar-refractivity contribution in [2.75, 3.05) is 19.7 Å². The maximum absolute atomic E-state index is 11.8.